The van der Waals surface area contributed by atoms with E-state index in [0.717, 1.165) is 32.1 Å². The summed E-state index contributed by atoms with van der Waals surface area (Å²) >= 11 is 0. The number of aliphatic hydroxyl groups excluding tert-OH is 2. The molecule has 4 N–H and O–H groups in total. The van der Waals surface area contributed by atoms with Gasteiger partial charge in [-0.1, -0.05) is 27.7 Å². The van der Waals surface area contributed by atoms with E-state index in [9.17, 15) is 30.0 Å². The Kier molecular flexibility index (Phi) is 18.3. The van der Waals surface area contributed by atoms with Crippen molar-refractivity contribution in [1.82, 2.24) is 0 Å². The molecule has 4 aliphatic heterocycles. The zero-order valence-corrected chi connectivity index (χ0v) is 46.4. The Bertz CT molecular complexity index is 1880. The van der Waals surface area contributed by atoms with Gasteiger partial charge in [0.05, 0.1) is 71.9 Å². The first kappa shape index (κ1) is 58.5. The molecule has 0 amide bonds. The average molecular weight is 1060 g/mol. The van der Waals surface area contributed by atoms with E-state index < -0.39 is 133 Å². The zero-order chi connectivity index (χ0) is 53.8. The Morgan fingerprint density at radius 2 is 1.16 bits per heavy atom. The first-order chi connectivity index (χ1) is 34.9. The molecule has 0 aromatic carbocycles. The lowest BCUT2D eigenvalue weighted by Gasteiger charge is -2.66. The van der Waals surface area contributed by atoms with Gasteiger partial charge < -0.3 is 82.0 Å². The molecule has 8 aliphatic rings. The number of carbonyl (C=O) groups is 2. The molecule has 8 fully saturated rings. The highest BCUT2D eigenvalue weighted by Gasteiger charge is 2.77. The van der Waals surface area contributed by atoms with E-state index in [1.165, 1.54) is 6.92 Å². The molecule has 426 valence electrons. The van der Waals surface area contributed by atoms with Crippen LogP contribution in [0.25, 0.3) is 0 Å². The predicted molar refractivity (Wildman–Crippen MR) is 264 cm³/mol. The molecule has 0 spiro atoms. The summed E-state index contributed by atoms with van der Waals surface area (Å²) in [6, 6.07) is 0. The Morgan fingerprint density at radius 3 is 1.70 bits per heavy atom. The van der Waals surface area contributed by atoms with E-state index >= 15 is 0 Å². The second kappa shape index (κ2) is 23.2. The van der Waals surface area contributed by atoms with Crippen LogP contribution in [0.1, 0.15) is 153 Å². The van der Waals surface area contributed by atoms with Gasteiger partial charge in [0.2, 0.25) is 0 Å². The molecule has 0 radical (unpaired) electrons. The molecule has 4 saturated heterocycles. The minimum Gasteiger partial charge on any atom is -0.462 e. The van der Waals surface area contributed by atoms with Gasteiger partial charge in [0.1, 0.15) is 42.2 Å². The summed E-state index contributed by atoms with van der Waals surface area (Å²) in [4.78, 5) is 25.8. The quantitative estimate of drug-likeness (QED) is 0.114. The fourth-order valence-corrected chi connectivity index (χ4v) is 15.3. The monoisotopic (exact) mass is 1060 g/mol. The molecule has 4 saturated carbocycles. The molecule has 0 aromatic rings. The van der Waals surface area contributed by atoms with Crippen LogP contribution in [0.2, 0.25) is 0 Å². The van der Waals surface area contributed by atoms with E-state index in [1.54, 1.807) is 42.1 Å². The molecule has 19 nitrogen and oxygen atoms in total. The van der Waals surface area contributed by atoms with Crippen LogP contribution in [0.4, 0.5) is 0 Å². The molecule has 19 heteroatoms. The predicted octanol–water partition coefficient (Wildman–Crippen LogP) is 5.24. The van der Waals surface area contributed by atoms with Gasteiger partial charge in [-0.3, -0.25) is 9.59 Å². The maximum absolute atomic E-state index is 13.1. The van der Waals surface area contributed by atoms with Crippen LogP contribution in [0.15, 0.2) is 0 Å². The summed E-state index contributed by atoms with van der Waals surface area (Å²) in [5.41, 5.74) is -4.47. The van der Waals surface area contributed by atoms with Gasteiger partial charge >= 0.3 is 11.9 Å². The van der Waals surface area contributed by atoms with Crippen molar-refractivity contribution in [2.75, 3.05) is 21.3 Å². The molecule has 8 rings (SSSR count). The lowest BCUT2D eigenvalue weighted by Crippen LogP contribution is -2.72. The van der Waals surface area contributed by atoms with Gasteiger partial charge in [-0.25, -0.2) is 0 Å². The van der Waals surface area contributed by atoms with Crippen molar-refractivity contribution >= 4 is 11.9 Å². The Hall–Kier alpha value is -1.66. The number of aliphatic hydroxyl groups is 4. The number of ether oxygens (including phenoxy) is 13. The van der Waals surface area contributed by atoms with Gasteiger partial charge in [0.15, 0.2) is 25.2 Å². The third-order valence-corrected chi connectivity index (χ3v) is 20.1. The molecule has 74 heavy (non-hydrogen) atoms. The van der Waals surface area contributed by atoms with Gasteiger partial charge in [-0.2, -0.15) is 0 Å². The largest absolute Gasteiger partial charge is 0.462 e. The van der Waals surface area contributed by atoms with Crippen LogP contribution < -0.4 is 0 Å². The lowest BCUT2D eigenvalue weighted by molar-refractivity contribution is -0.347. The van der Waals surface area contributed by atoms with Crippen molar-refractivity contribution < 1.29 is 91.6 Å². The van der Waals surface area contributed by atoms with Gasteiger partial charge in [0.25, 0.3) is 0 Å². The Morgan fingerprint density at radius 1 is 0.635 bits per heavy atom. The van der Waals surface area contributed by atoms with Gasteiger partial charge in [0, 0.05) is 53.9 Å². The highest BCUT2D eigenvalue weighted by Crippen LogP contribution is 2.71. The molecule has 27 atom stereocenters. The molecule has 1 unspecified atom stereocenters. The number of methoxy groups -OCH3 is 3. The molecule has 4 heterocycles. The van der Waals surface area contributed by atoms with E-state index in [2.05, 4.69) is 6.92 Å². The summed E-state index contributed by atoms with van der Waals surface area (Å²) in [5, 5.41) is 47.8. The minimum absolute atomic E-state index is 0.00849. The molecular formula is C55H92O19. The van der Waals surface area contributed by atoms with Crippen molar-refractivity contribution in [3.63, 3.8) is 0 Å². The van der Waals surface area contributed by atoms with Crippen molar-refractivity contribution in [1.29, 1.82) is 0 Å². The minimum atomic E-state index is -1.62. The SMILES string of the molecule is CCC(C)C(=O)O[C@@H](C)[C@]1(O)CC[C@]2(O)[C@@H]3CC[C@H]4C[C@@H](O[C@H]5C[C@H](O)[C@H](O[C@H]6C[C@H](OC)[C@H](O[C@H]7C[C@@H](OC)[C@H](O[C@H]8C[C@@H](OC)[C@H](O)[C@@H](C)O8)[C@@H](C)O7)[C@@H](C)O6)[C@@H](C)O5)CC[C@]4(C)[C@H]3C[C@@H](OC(C)=O)[C@]12C. The maximum Gasteiger partial charge on any atom is 0.309 e. The summed E-state index contributed by atoms with van der Waals surface area (Å²) in [5.74, 6) is -1.11. The topological polar surface area (TPSA) is 235 Å². The van der Waals surface area contributed by atoms with Crippen LogP contribution in [0.5, 0.6) is 0 Å². The summed E-state index contributed by atoms with van der Waals surface area (Å²) in [7, 11) is 4.82. The molecule has 0 aromatic heterocycles. The van der Waals surface area contributed by atoms with Crippen molar-refractivity contribution in [2.45, 2.75) is 281 Å². The highest BCUT2D eigenvalue weighted by atomic mass is 16.8. The number of hydrogen-bond donors (Lipinski definition) is 4. The van der Waals surface area contributed by atoms with Crippen molar-refractivity contribution in [2.24, 2.45) is 34.5 Å². The van der Waals surface area contributed by atoms with Gasteiger partial charge in [-0.15, -0.1) is 0 Å². The van der Waals surface area contributed by atoms with Crippen LogP contribution >= 0.6 is 0 Å². The second-order valence-electron chi connectivity index (χ2n) is 24.0. The summed E-state index contributed by atoms with van der Waals surface area (Å²) < 4.78 is 80.8. The molecule has 4 aliphatic carbocycles. The summed E-state index contributed by atoms with van der Waals surface area (Å²) in [6.07, 6.45) is -4.00. The van der Waals surface area contributed by atoms with Crippen LogP contribution in [-0.4, -0.2) is 182 Å². The number of esters is 2. The average Bonchev–Trinajstić information content (AvgIpc) is 3.58. The van der Waals surface area contributed by atoms with E-state index in [0.29, 0.717) is 38.5 Å². The zero-order valence-electron chi connectivity index (χ0n) is 46.4. The lowest BCUT2D eigenvalue weighted by atomic mass is 9.42. The highest BCUT2D eigenvalue weighted by molar-refractivity contribution is 5.72. The smallest absolute Gasteiger partial charge is 0.309 e. The van der Waals surface area contributed by atoms with Gasteiger partial charge in [-0.05, 0) is 116 Å². The van der Waals surface area contributed by atoms with E-state index in [-0.39, 0.29) is 54.1 Å². The second-order valence-corrected chi connectivity index (χ2v) is 24.0. The fraction of sp³-hybridized carbons (Fsp3) is 0.964. The van der Waals surface area contributed by atoms with E-state index in [4.69, 9.17) is 61.6 Å². The normalized spacial score (nSPS) is 50.4. The molecule has 0 bridgehead atoms. The summed E-state index contributed by atoms with van der Waals surface area (Å²) in [6.45, 7) is 18.4. The van der Waals surface area contributed by atoms with Crippen molar-refractivity contribution in [3.8, 4) is 0 Å². The third-order valence-electron chi connectivity index (χ3n) is 20.1. The first-order valence-electron chi connectivity index (χ1n) is 28.0. The maximum atomic E-state index is 13.1. The number of hydrogen-bond acceptors (Lipinski definition) is 19. The first-order valence-corrected chi connectivity index (χ1v) is 28.0. The standard InChI is InChI=1S/C55H92O19/c1-14-27(2)51(59)69-32(7)54(60)19-20-55(61)36-16-15-34-21-35(17-18-52(34,9)37(36)22-42(53(54,55)10)70-33(8)56)71-43-23-38(57)48(29(4)66-43)72-45-25-40(63-12)50(30(5)67-45)74-46-26-41(64-13)49(31(6)68-46)73-44-24-39(62-11)47(58)28(3)65-44/h27-32,34-50,57-58,60-61H,14-26H2,1-13H3/t27?,28-,29-,30-,31-,32+,34+,35+,36-,37+,38+,39-,40+,41-,42-,43+,44+,45+,46+,47-,48-,49-,50-,52+,53-,54-,55+/m1/s1. The Labute approximate surface area is 438 Å². The fourth-order valence-electron chi connectivity index (χ4n) is 15.3. The third kappa shape index (κ3) is 10.9. The van der Waals surface area contributed by atoms with Crippen LogP contribution in [0, 0.1) is 34.5 Å². The number of fused-ring (bicyclic) bond motifs is 5. The number of rotatable bonds is 16. The van der Waals surface area contributed by atoms with Crippen molar-refractivity contribution in [3.05, 3.63) is 0 Å². The molecular weight excluding hydrogens is 965 g/mol. The number of carbonyl (C=O) groups excluding carboxylic acids is 2. The van der Waals surface area contributed by atoms with E-state index in [1.807, 2.05) is 34.6 Å². The van der Waals surface area contributed by atoms with Crippen LogP contribution in [0.3, 0.4) is 0 Å². The van der Waals surface area contributed by atoms with Crippen LogP contribution in [-0.2, 0) is 71.2 Å². The Balaban J connectivity index is 0.837.